The van der Waals surface area contributed by atoms with Gasteiger partial charge in [-0.1, -0.05) is 0 Å². The first-order valence-corrected chi connectivity index (χ1v) is 6.38. The van der Waals surface area contributed by atoms with Gasteiger partial charge in [-0.25, -0.2) is 0 Å². The van der Waals surface area contributed by atoms with Gasteiger partial charge in [-0.05, 0) is 19.8 Å². The van der Waals surface area contributed by atoms with Gasteiger partial charge in [0.1, 0.15) is 0 Å². The predicted molar refractivity (Wildman–Crippen MR) is 62.3 cm³/mol. The lowest BCUT2D eigenvalue weighted by Crippen LogP contribution is -2.54. The third-order valence-corrected chi connectivity index (χ3v) is 3.48. The zero-order valence-electron chi connectivity index (χ0n) is 10.3. The highest BCUT2D eigenvalue weighted by molar-refractivity contribution is 5.81. The summed E-state index contributed by atoms with van der Waals surface area (Å²) < 4.78 is 5.02. The second kappa shape index (κ2) is 5.49. The number of piperidine rings is 1. The van der Waals surface area contributed by atoms with Gasteiger partial charge in [0.25, 0.3) is 0 Å². The average Bonchev–Trinajstić information content (AvgIpc) is 2.27. The Morgan fingerprint density at radius 2 is 2.12 bits per heavy atom. The molecular formula is C12H20N2O3. The first-order valence-electron chi connectivity index (χ1n) is 6.38. The number of esters is 1. The van der Waals surface area contributed by atoms with Crippen LogP contribution in [0.4, 0.5) is 0 Å². The second-order valence-corrected chi connectivity index (χ2v) is 4.73. The van der Waals surface area contributed by atoms with E-state index in [1.165, 1.54) is 0 Å². The van der Waals surface area contributed by atoms with Crippen LogP contribution in [0.5, 0.6) is 0 Å². The maximum absolute atomic E-state index is 12.0. The molecule has 2 aliphatic rings. The Labute approximate surface area is 101 Å². The van der Waals surface area contributed by atoms with Crippen LogP contribution in [0, 0.1) is 11.8 Å². The van der Waals surface area contributed by atoms with Crippen molar-refractivity contribution in [2.45, 2.75) is 19.8 Å². The van der Waals surface area contributed by atoms with Crippen LogP contribution in [-0.2, 0) is 14.3 Å². The van der Waals surface area contributed by atoms with E-state index in [9.17, 15) is 9.59 Å². The molecule has 0 aromatic carbocycles. The Hall–Kier alpha value is -1.10. The van der Waals surface area contributed by atoms with Gasteiger partial charge >= 0.3 is 5.97 Å². The van der Waals surface area contributed by atoms with E-state index < -0.39 is 0 Å². The molecule has 5 nitrogen and oxygen atoms in total. The number of rotatable bonds is 3. The summed E-state index contributed by atoms with van der Waals surface area (Å²) in [6.45, 7) is 5.09. The van der Waals surface area contributed by atoms with Crippen molar-refractivity contribution in [3.8, 4) is 0 Å². The molecular weight excluding hydrogens is 220 g/mol. The molecule has 5 heteroatoms. The number of nitrogens with one attached hydrogen (secondary N) is 1. The summed E-state index contributed by atoms with van der Waals surface area (Å²) in [7, 11) is 0. The lowest BCUT2D eigenvalue weighted by Gasteiger charge is -2.36. The summed E-state index contributed by atoms with van der Waals surface area (Å²) in [5.41, 5.74) is 0. The summed E-state index contributed by atoms with van der Waals surface area (Å²) in [4.78, 5) is 25.5. The van der Waals surface area contributed by atoms with Crippen molar-refractivity contribution in [3.63, 3.8) is 0 Å². The SMILES string of the molecule is CCOC(=O)C1CCCN(C(=O)C2CNC2)C1. The van der Waals surface area contributed by atoms with Crippen LogP contribution in [0.1, 0.15) is 19.8 Å². The van der Waals surface area contributed by atoms with Crippen LogP contribution in [-0.4, -0.2) is 49.6 Å². The van der Waals surface area contributed by atoms with Gasteiger partial charge < -0.3 is 15.0 Å². The number of nitrogens with zero attached hydrogens (tertiary/aromatic N) is 1. The van der Waals surface area contributed by atoms with Gasteiger partial charge in [0, 0.05) is 26.2 Å². The summed E-state index contributed by atoms with van der Waals surface area (Å²) in [6.07, 6.45) is 1.74. The topological polar surface area (TPSA) is 58.6 Å². The highest BCUT2D eigenvalue weighted by atomic mass is 16.5. The normalized spacial score (nSPS) is 25.2. The lowest BCUT2D eigenvalue weighted by molar-refractivity contribution is -0.152. The lowest BCUT2D eigenvalue weighted by atomic mass is 9.95. The first-order chi connectivity index (χ1) is 8.22. The van der Waals surface area contributed by atoms with E-state index in [0.29, 0.717) is 13.2 Å². The zero-order chi connectivity index (χ0) is 12.3. The van der Waals surface area contributed by atoms with Crippen molar-refractivity contribution in [2.24, 2.45) is 11.8 Å². The molecule has 0 spiro atoms. The molecule has 0 aromatic rings. The van der Waals surface area contributed by atoms with Gasteiger partial charge in [-0.3, -0.25) is 9.59 Å². The highest BCUT2D eigenvalue weighted by Crippen LogP contribution is 2.20. The quantitative estimate of drug-likeness (QED) is 0.706. The van der Waals surface area contributed by atoms with Crippen molar-refractivity contribution in [1.82, 2.24) is 10.2 Å². The molecule has 2 saturated heterocycles. The molecule has 1 N–H and O–H groups in total. The first kappa shape index (κ1) is 12.4. The van der Waals surface area contributed by atoms with Gasteiger partial charge in [0.05, 0.1) is 18.4 Å². The molecule has 2 rings (SSSR count). The summed E-state index contributed by atoms with van der Waals surface area (Å²) in [5.74, 6) is 0.0334. The van der Waals surface area contributed by atoms with Crippen LogP contribution >= 0.6 is 0 Å². The van der Waals surface area contributed by atoms with E-state index in [2.05, 4.69) is 5.32 Å². The van der Waals surface area contributed by atoms with Crippen LogP contribution < -0.4 is 5.32 Å². The summed E-state index contributed by atoms with van der Waals surface area (Å²) in [5, 5.41) is 3.10. The molecule has 1 amide bonds. The van der Waals surface area contributed by atoms with Crippen molar-refractivity contribution in [2.75, 3.05) is 32.8 Å². The monoisotopic (exact) mass is 240 g/mol. The smallest absolute Gasteiger partial charge is 0.310 e. The minimum Gasteiger partial charge on any atom is -0.466 e. The maximum Gasteiger partial charge on any atom is 0.310 e. The minimum absolute atomic E-state index is 0.121. The van der Waals surface area contributed by atoms with E-state index in [0.717, 1.165) is 32.5 Å². The minimum atomic E-state index is -0.156. The molecule has 2 heterocycles. The fourth-order valence-electron chi connectivity index (χ4n) is 2.35. The highest BCUT2D eigenvalue weighted by Gasteiger charge is 2.34. The Bertz CT molecular complexity index is 302. The Kier molecular flexibility index (Phi) is 3.99. The Morgan fingerprint density at radius 1 is 1.35 bits per heavy atom. The van der Waals surface area contributed by atoms with Gasteiger partial charge in [0.2, 0.25) is 5.91 Å². The fraction of sp³-hybridized carbons (Fsp3) is 0.833. The molecule has 0 radical (unpaired) electrons. The van der Waals surface area contributed by atoms with Crippen molar-refractivity contribution < 1.29 is 14.3 Å². The standard InChI is InChI=1S/C12H20N2O3/c1-2-17-12(16)9-4-3-5-14(8-9)11(15)10-6-13-7-10/h9-10,13H,2-8H2,1H3. The largest absolute Gasteiger partial charge is 0.466 e. The molecule has 1 unspecified atom stereocenters. The molecule has 2 aliphatic heterocycles. The van der Waals surface area contributed by atoms with E-state index >= 15 is 0 Å². The zero-order valence-corrected chi connectivity index (χ0v) is 10.3. The second-order valence-electron chi connectivity index (χ2n) is 4.73. The molecule has 0 aromatic heterocycles. The number of likely N-dealkylation sites (tertiary alicyclic amines) is 1. The maximum atomic E-state index is 12.0. The van der Waals surface area contributed by atoms with Gasteiger partial charge in [-0.2, -0.15) is 0 Å². The molecule has 0 bridgehead atoms. The molecule has 0 saturated carbocycles. The summed E-state index contributed by atoms with van der Waals surface area (Å²) in [6, 6.07) is 0. The van der Waals surface area contributed by atoms with Crippen molar-refractivity contribution in [3.05, 3.63) is 0 Å². The molecule has 17 heavy (non-hydrogen) atoms. The molecule has 96 valence electrons. The van der Waals surface area contributed by atoms with Crippen molar-refractivity contribution in [1.29, 1.82) is 0 Å². The van der Waals surface area contributed by atoms with E-state index in [4.69, 9.17) is 4.74 Å². The number of hydrogen-bond acceptors (Lipinski definition) is 4. The third-order valence-electron chi connectivity index (χ3n) is 3.48. The van der Waals surface area contributed by atoms with Crippen LogP contribution in [0.15, 0.2) is 0 Å². The van der Waals surface area contributed by atoms with Crippen molar-refractivity contribution >= 4 is 11.9 Å². The fourth-order valence-corrected chi connectivity index (χ4v) is 2.35. The van der Waals surface area contributed by atoms with E-state index in [1.807, 2.05) is 11.8 Å². The van der Waals surface area contributed by atoms with Gasteiger partial charge in [0.15, 0.2) is 0 Å². The Morgan fingerprint density at radius 3 is 2.71 bits per heavy atom. The van der Waals surface area contributed by atoms with E-state index in [1.54, 1.807) is 0 Å². The molecule has 2 fully saturated rings. The summed E-state index contributed by atoms with van der Waals surface area (Å²) >= 11 is 0. The third kappa shape index (κ3) is 2.77. The molecule has 1 atom stereocenters. The number of amides is 1. The van der Waals surface area contributed by atoms with Gasteiger partial charge in [-0.15, -0.1) is 0 Å². The number of carbonyl (C=O) groups excluding carboxylic acids is 2. The predicted octanol–water partition coefficient (Wildman–Crippen LogP) is 0.00750. The number of carbonyl (C=O) groups is 2. The molecule has 0 aliphatic carbocycles. The van der Waals surface area contributed by atoms with Crippen LogP contribution in [0.3, 0.4) is 0 Å². The Balaban J connectivity index is 1.87. The van der Waals surface area contributed by atoms with Crippen LogP contribution in [0.2, 0.25) is 0 Å². The average molecular weight is 240 g/mol. The number of hydrogen-bond donors (Lipinski definition) is 1. The number of ether oxygens (including phenoxy) is 1. The van der Waals surface area contributed by atoms with Crippen LogP contribution in [0.25, 0.3) is 0 Å². The van der Waals surface area contributed by atoms with E-state index in [-0.39, 0.29) is 23.7 Å².